The van der Waals surface area contributed by atoms with E-state index in [0.717, 1.165) is 25.1 Å². The number of urea groups is 1. The number of anilines is 1. The van der Waals surface area contributed by atoms with E-state index in [9.17, 15) is 19.2 Å². The third-order valence-electron chi connectivity index (χ3n) is 8.78. The minimum absolute atomic E-state index is 0.0518. The standard InChI is InChI=1S/C28H38N8O4/c1-17(28-16-31-15-20(28)22(28)23(29)37)14-18-4-6-19(7-5-18)36-9-8-21(33-26(36)40)32-25(39)35-12-10-34(11-13-35)24(38)27(2,3)30/h4-9,17,20,22,31H,10-16,30H2,1-3H3,(H2,29,37)(H,32,33,39,40). The lowest BCUT2D eigenvalue weighted by molar-refractivity contribution is -0.137. The number of hydrogen-bond acceptors (Lipinski definition) is 7. The van der Waals surface area contributed by atoms with Crippen LogP contribution in [-0.4, -0.2) is 82.0 Å². The van der Waals surface area contributed by atoms with Crippen LogP contribution < -0.4 is 27.8 Å². The van der Waals surface area contributed by atoms with Gasteiger partial charge in [0.15, 0.2) is 0 Å². The van der Waals surface area contributed by atoms with Crippen LogP contribution in [0.5, 0.6) is 0 Å². The summed E-state index contributed by atoms with van der Waals surface area (Å²) < 4.78 is 1.42. The number of nitrogens with zero attached hydrogens (tertiary/aromatic N) is 4. The predicted octanol–water partition coefficient (Wildman–Crippen LogP) is 0.145. The van der Waals surface area contributed by atoms with Crippen LogP contribution in [0, 0.1) is 23.2 Å². The second-order valence-electron chi connectivity index (χ2n) is 11.9. The van der Waals surface area contributed by atoms with Gasteiger partial charge in [0.25, 0.3) is 0 Å². The molecule has 4 atom stereocenters. The van der Waals surface area contributed by atoms with Crippen LogP contribution in [0.2, 0.25) is 0 Å². The van der Waals surface area contributed by atoms with E-state index in [1.54, 1.807) is 35.9 Å². The van der Waals surface area contributed by atoms with E-state index in [0.29, 0.717) is 43.7 Å². The second-order valence-corrected chi connectivity index (χ2v) is 11.9. The van der Waals surface area contributed by atoms with Gasteiger partial charge in [0.2, 0.25) is 11.8 Å². The van der Waals surface area contributed by atoms with Crippen molar-refractivity contribution in [2.75, 3.05) is 44.6 Å². The average Bonchev–Trinajstić information content (AvgIpc) is 3.37. The van der Waals surface area contributed by atoms with Gasteiger partial charge in [-0.15, -0.1) is 0 Å². The molecule has 214 valence electrons. The summed E-state index contributed by atoms with van der Waals surface area (Å²) >= 11 is 0. The molecule has 6 N–H and O–H groups in total. The zero-order valence-corrected chi connectivity index (χ0v) is 23.2. The molecule has 1 aromatic carbocycles. The molecule has 1 aliphatic carbocycles. The second kappa shape index (κ2) is 10.3. The molecule has 3 aliphatic rings. The Bertz CT molecular complexity index is 1360. The summed E-state index contributed by atoms with van der Waals surface area (Å²) in [6.07, 6.45) is 2.39. The van der Waals surface area contributed by atoms with E-state index in [2.05, 4.69) is 22.5 Å². The molecule has 4 amide bonds. The van der Waals surface area contributed by atoms with Crippen molar-refractivity contribution in [2.45, 2.75) is 32.7 Å². The van der Waals surface area contributed by atoms with Gasteiger partial charge in [-0.1, -0.05) is 19.1 Å². The number of amides is 4. The summed E-state index contributed by atoms with van der Waals surface area (Å²) in [5, 5.41) is 6.07. The Morgan fingerprint density at radius 2 is 1.77 bits per heavy atom. The Kier molecular flexibility index (Phi) is 7.17. The summed E-state index contributed by atoms with van der Waals surface area (Å²) in [7, 11) is 0. The smallest absolute Gasteiger partial charge is 0.354 e. The SMILES string of the molecule is CC(Cc1ccc(-n2ccc(NC(=O)N3CCN(C(=O)C(C)(C)N)CC3)nc2=O)cc1)C12CNCC1C2C(N)=O. The molecule has 40 heavy (non-hydrogen) atoms. The molecule has 3 fully saturated rings. The summed E-state index contributed by atoms with van der Waals surface area (Å²) in [5.41, 5.74) is 11.8. The Morgan fingerprint density at radius 1 is 1.12 bits per heavy atom. The van der Waals surface area contributed by atoms with E-state index < -0.39 is 11.2 Å². The maximum Gasteiger partial charge on any atom is 0.354 e. The predicted molar refractivity (Wildman–Crippen MR) is 150 cm³/mol. The van der Waals surface area contributed by atoms with Gasteiger partial charge in [-0.25, -0.2) is 9.59 Å². The van der Waals surface area contributed by atoms with Crippen LogP contribution in [0.25, 0.3) is 5.69 Å². The van der Waals surface area contributed by atoms with Crippen LogP contribution in [0.1, 0.15) is 26.3 Å². The molecule has 12 nitrogen and oxygen atoms in total. The van der Waals surface area contributed by atoms with Crippen molar-refractivity contribution in [1.82, 2.24) is 24.7 Å². The van der Waals surface area contributed by atoms with E-state index >= 15 is 0 Å². The molecule has 2 aliphatic heterocycles. The average molecular weight is 551 g/mol. The van der Waals surface area contributed by atoms with Crippen molar-refractivity contribution in [3.63, 3.8) is 0 Å². The topological polar surface area (TPSA) is 169 Å². The first-order chi connectivity index (χ1) is 18.9. The Labute approximate surface area is 233 Å². The van der Waals surface area contributed by atoms with E-state index in [1.165, 1.54) is 4.57 Å². The minimum atomic E-state index is -0.958. The van der Waals surface area contributed by atoms with Crippen molar-refractivity contribution in [2.24, 2.45) is 34.6 Å². The number of benzene rings is 1. The van der Waals surface area contributed by atoms with Crippen molar-refractivity contribution in [1.29, 1.82) is 0 Å². The zero-order chi connectivity index (χ0) is 28.8. The van der Waals surface area contributed by atoms with Gasteiger partial charge < -0.3 is 26.6 Å². The fourth-order valence-electron chi connectivity index (χ4n) is 6.56. The molecule has 0 radical (unpaired) electrons. The molecule has 5 rings (SSSR count). The van der Waals surface area contributed by atoms with E-state index in [4.69, 9.17) is 11.5 Å². The van der Waals surface area contributed by atoms with Gasteiger partial charge in [0, 0.05) is 50.3 Å². The number of nitrogens with one attached hydrogen (secondary N) is 2. The summed E-state index contributed by atoms with van der Waals surface area (Å²) in [4.78, 5) is 57.0. The molecule has 3 heterocycles. The third-order valence-corrected chi connectivity index (χ3v) is 8.78. The molecule has 1 aromatic heterocycles. The molecule has 12 heteroatoms. The normalized spacial score (nSPS) is 24.8. The number of carbonyl (C=O) groups excluding carboxylic acids is 3. The van der Waals surface area contributed by atoms with Gasteiger partial charge in [-0.3, -0.25) is 19.5 Å². The molecular weight excluding hydrogens is 512 g/mol. The quantitative estimate of drug-likeness (QED) is 0.380. The summed E-state index contributed by atoms with van der Waals surface area (Å²) in [6.45, 7) is 8.66. The minimum Gasteiger partial charge on any atom is -0.369 e. The molecule has 0 spiro atoms. The zero-order valence-electron chi connectivity index (χ0n) is 23.2. The maximum atomic E-state index is 12.8. The van der Waals surface area contributed by atoms with E-state index in [1.807, 2.05) is 24.3 Å². The van der Waals surface area contributed by atoms with Crippen LogP contribution in [0.4, 0.5) is 10.6 Å². The molecule has 4 unspecified atom stereocenters. The lowest BCUT2D eigenvalue weighted by atomic mass is 9.83. The Morgan fingerprint density at radius 3 is 2.35 bits per heavy atom. The fourth-order valence-corrected chi connectivity index (χ4v) is 6.56. The van der Waals surface area contributed by atoms with Crippen LogP contribution in [0.3, 0.4) is 0 Å². The highest BCUT2D eigenvalue weighted by Gasteiger charge is 2.71. The van der Waals surface area contributed by atoms with Gasteiger partial charge >= 0.3 is 11.7 Å². The highest BCUT2D eigenvalue weighted by molar-refractivity contribution is 5.89. The molecule has 1 saturated carbocycles. The van der Waals surface area contributed by atoms with Gasteiger partial charge in [0.1, 0.15) is 5.82 Å². The van der Waals surface area contributed by atoms with Crippen molar-refractivity contribution < 1.29 is 14.4 Å². The van der Waals surface area contributed by atoms with Crippen LogP contribution in [0.15, 0.2) is 41.3 Å². The number of rotatable bonds is 7. The number of carbonyl (C=O) groups is 3. The van der Waals surface area contributed by atoms with Crippen LogP contribution in [-0.2, 0) is 16.0 Å². The number of fused-ring (bicyclic) bond motifs is 1. The maximum absolute atomic E-state index is 12.8. The lowest BCUT2D eigenvalue weighted by Crippen LogP contribution is -2.58. The molecule has 2 saturated heterocycles. The summed E-state index contributed by atoms with van der Waals surface area (Å²) in [5.74, 6) is 0.361. The fraction of sp³-hybridized carbons (Fsp3) is 0.536. The first kappa shape index (κ1) is 27.8. The number of piperidine rings is 1. The largest absolute Gasteiger partial charge is 0.369 e. The third kappa shape index (κ3) is 5.08. The Hall–Kier alpha value is -3.77. The number of aromatic nitrogens is 2. The molecular formula is C28H38N8O4. The van der Waals surface area contributed by atoms with Crippen molar-refractivity contribution >= 4 is 23.7 Å². The lowest BCUT2D eigenvalue weighted by Gasteiger charge is -2.37. The number of piperazine rings is 1. The number of hydrogen-bond donors (Lipinski definition) is 4. The van der Waals surface area contributed by atoms with Gasteiger partial charge in [-0.05, 0) is 62.4 Å². The monoisotopic (exact) mass is 550 g/mol. The first-order valence-corrected chi connectivity index (χ1v) is 13.7. The highest BCUT2D eigenvalue weighted by atomic mass is 16.2. The molecule has 0 bridgehead atoms. The van der Waals surface area contributed by atoms with Crippen LogP contribution >= 0.6 is 0 Å². The van der Waals surface area contributed by atoms with Gasteiger partial charge in [0.05, 0.1) is 11.2 Å². The number of nitrogens with two attached hydrogens (primary N) is 2. The molecule has 2 aromatic rings. The van der Waals surface area contributed by atoms with E-state index in [-0.39, 0.29) is 35.0 Å². The Balaban J connectivity index is 1.18. The summed E-state index contributed by atoms with van der Waals surface area (Å²) in [6, 6.07) is 8.91. The number of primary amides is 1. The van der Waals surface area contributed by atoms with Crippen molar-refractivity contribution in [3.05, 3.63) is 52.6 Å². The first-order valence-electron chi connectivity index (χ1n) is 13.7. The highest BCUT2D eigenvalue weighted by Crippen LogP contribution is 2.65. The van der Waals surface area contributed by atoms with Crippen molar-refractivity contribution in [3.8, 4) is 5.69 Å². The van der Waals surface area contributed by atoms with Gasteiger partial charge in [-0.2, -0.15) is 4.98 Å².